The van der Waals surface area contributed by atoms with Gasteiger partial charge < -0.3 is 25.6 Å². The molecule has 1 heterocycles. The second kappa shape index (κ2) is 15.6. The Balaban J connectivity index is 1.50. The first-order valence-electron chi connectivity index (χ1n) is 16.6. The molecule has 0 saturated heterocycles. The van der Waals surface area contributed by atoms with E-state index in [1.807, 2.05) is 91.0 Å². The number of hydrazine groups is 1. The molecule has 11 heteroatoms. The number of fused-ring (bicyclic) bond motifs is 1. The Morgan fingerprint density at radius 1 is 0.940 bits per heavy atom. The number of carbonyl (C=O) groups is 3. The maximum atomic E-state index is 14.3. The van der Waals surface area contributed by atoms with Crippen LogP contribution in [-0.2, 0) is 33.7 Å². The molecule has 11 nitrogen and oxygen atoms in total. The van der Waals surface area contributed by atoms with E-state index in [1.54, 1.807) is 33.2 Å². The van der Waals surface area contributed by atoms with Crippen LogP contribution in [0.2, 0.25) is 0 Å². The van der Waals surface area contributed by atoms with Crippen molar-refractivity contribution in [1.82, 2.24) is 26.1 Å². The molecule has 50 heavy (non-hydrogen) atoms. The number of aromatic nitrogens is 1. The van der Waals surface area contributed by atoms with E-state index in [-0.39, 0.29) is 19.5 Å². The van der Waals surface area contributed by atoms with Crippen LogP contribution in [0.5, 0.6) is 0 Å². The van der Waals surface area contributed by atoms with Gasteiger partial charge in [0.15, 0.2) is 5.60 Å². The molecular formula is C39H45N5O6. The largest absolute Gasteiger partial charge is 0.453 e. The first-order valence-corrected chi connectivity index (χ1v) is 16.6. The first kappa shape index (κ1) is 36.2. The standard InChI is InChI=1S/C39H45N5O6/c1-38(2,3)34(42-37(48)50-4)35(46)43-44(24-27-14-10-16-28(20-27)30-17-11-19-40-23-30)25-39(49,22-26-12-6-5-7-13-26)36(47)41-33-31-18-9-8-15-29(31)21-32(33)45/h5-20,23,32-34,45,49H,21-22,24-25H2,1-4H3,(H,41,47)(H,42,48)(H,43,46)/t32-,33+,34-,39+/m1/s1. The lowest BCUT2D eigenvalue weighted by molar-refractivity contribution is -0.147. The molecule has 0 radical (unpaired) electrons. The molecule has 0 aliphatic heterocycles. The van der Waals surface area contributed by atoms with Gasteiger partial charge in [0.05, 0.1) is 25.8 Å². The van der Waals surface area contributed by atoms with Crippen molar-refractivity contribution in [2.75, 3.05) is 13.7 Å². The third-order valence-corrected chi connectivity index (χ3v) is 8.84. The number of aliphatic hydroxyl groups is 2. The van der Waals surface area contributed by atoms with E-state index in [1.165, 1.54) is 12.1 Å². The summed E-state index contributed by atoms with van der Waals surface area (Å²) in [6, 6.07) is 26.3. The molecule has 3 aromatic carbocycles. The molecule has 5 rings (SSSR count). The van der Waals surface area contributed by atoms with Gasteiger partial charge in [0.25, 0.3) is 11.8 Å². The topological polar surface area (TPSA) is 153 Å². The monoisotopic (exact) mass is 679 g/mol. The quantitative estimate of drug-likeness (QED) is 0.140. The smallest absolute Gasteiger partial charge is 0.407 e. The zero-order valence-electron chi connectivity index (χ0n) is 28.8. The van der Waals surface area contributed by atoms with Crippen molar-refractivity contribution in [3.05, 3.63) is 126 Å². The Kier molecular flexibility index (Phi) is 11.3. The highest BCUT2D eigenvalue weighted by Crippen LogP contribution is 2.32. The maximum Gasteiger partial charge on any atom is 0.407 e. The number of alkyl carbamates (subject to hydrolysis) is 1. The molecular weight excluding hydrogens is 634 g/mol. The first-order chi connectivity index (χ1) is 23.9. The molecule has 1 aromatic heterocycles. The summed E-state index contributed by atoms with van der Waals surface area (Å²) in [5.74, 6) is -1.26. The summed E-state index contributed by atoms with van der Waals surface area (Å²) in [7, 11) is 1.22. The number of hydrogen-bond acceptors (Lipinski definition) is 8. The average Bonchev–Trinajstić information content (AvgIpc) is 3.41. The zero-order valence-corrected chi connectivity index (χ0v) is 28.8. The van der Waals surface area contributed by atoms with E-state index in [9.17, 15) is 24.6 Å². The van der Waals surface area contributed by atoms with Crippen molar-refractivity contribution in [3.63, 3.8) is 0 Å². The number of ether oxygens (including phenoxy) is 1. The molecule has 4 atom stereocenters. The van der Waals surface area contributed by atoms with E-state index in [0.717, 1.165) is 27.8 Å². The molecule has 0 unspecified atom stereocenters. The van der Waals surface area contributed by atoms with Gasteiger partial charge in [0, 0.05) is 31.8 Å². The number of hydrogen-bond donors (Lipinski definition) is 5. The fourth-order valence-corrected chi connectivity index (χ4v) is 6.29. The molecule has 3 amide bonds. The summed E-state index contributed by atoms with van der Waals surface area (Å²) in [5, 5.41) is 30.4. The van der Waals surface area contributed by atoms with Gasteiger partial charge in [-0.3, -0.25) is 20.0 Å². The van der Waals surface area contributed by atoms with Crippen LogP contribution in [0.15, 0.2) is 103 Å². The summed E-state index contributed by atoms with van der Waals surface area (Å²) >= 11 is 0. The SMILES string of the molecule is COC(=O)N[C@H](C(=O)NN(Cc1cccc(-c2cccnc2)c1)C[C@@](O)(Cc1ccccc1)C(=O)N[C@H]1c2ccccc2C[C@H]1O)C(C)(C)C. The van der Waals surface area contributed by atoms with Gasteiger partial charge in [0.1, 0.15) is 6.04 Å². The van der Waals surface area contributed by atoms with Crippen LogP contribution in [0, 0.1) is 5.41 Å². The predicted octanol–water partition coefficient (Wildman–Crippen LogP) is 4.10. The Bertz CT molecular complexity index is 1780. The van der Waals surface area contributed by atoms with Crippen LogP contribution in [0.25, 0.3) is 11.1 Å². The van der Waals surface area contributed by atoms with Crippen molar-refractivity contribution >= 4 is 17.9 Å². The zero-order chi connectivity index (χ0) is 35.9. The van der Waals surface area contributed by atoms with Gasteiger partial charge in [-0.2, -0.15) is 0 Å². The van der Waals surface area contributed by atoms with E-state index >= 15 is 0 Å². The minimum absolute atomic E-state index is 0.0880. The van der Waals surface area contributed by atoms with Crippen LogP contribution < -0.4 is 16.1 Å². The summed E-state index contributed by atoms with van der Waals surface area (Å²) in [6.45, 7) is 5.17. The van der Waals surface area contributed by atoms with E-state index in [2.05, 4.69) is 21.0 Å². The number of amides is 3. The van der Waals surface area contributed by atoms with Crippen LogP contribution in [0.3, 0.4) is 0 Å². The number of benzene rings is 3. The molecule has 1 aliphatic rings. The molecule has 4 aromatic rings. The van der Waals surface area contributed by atoms with Gasteiger partial charge in [-0.05, 0) is 50.9 Å². The van der Waals surface area contributed by atoms with Crippen molar-refractivity contribution < 1.29 is 29.3 Å². The fraction of sp³-hybridized carbons (Fsp3) is 0.333. The van der Waals surface area contributed by atoms with Crippen molar-refractivity contribution in [2.45, 2.75) is 63.9 Å². The average molecular weight is 680 g/mol. The number of nitrogens with zero attached hydrogens (tertiary/aromatic N) is 2. The lowest BCUT2D eigenvalue weighted by Crippen LogP contribution is -2.62. The van der Waals surface area contributed by atoms with E-state index in [4.69, 9.17) is 4.74 Å². The van der Waals surface area contributed by atoms with Gasteiger partial charge >= 0.3 is 6.09 Å². The van der Waals surface area contributed by atoms with E-state index < -0.39 is 47.1 Å². The van der Waals surface area contributed by atoms with Crippen molar-refractivity contribution in [1.29, 1.82) is 0 Å². The van der Waals surface area contributed by atoms with Crippen LogP contribution in [0.4, 0.5) is 4.79 Å². The lowest BCUT2D eigenvalue weighted by Gasteiger charge is -2.37. The molecule has 0 fully saturated rings. The third kappa shape index (κ3) is 8.92. The van der Waals surface area contributed by atoms with Gasteiger partial charge in [-0.1, -0.05) is 99.6 Å². The minimum Gasteiger partial charge on any atom is -0.453 e. The number of rotatable bonds is 12. The van der Waals surface area contributed by atoms with Crippen molar-refractivity contribution in [3.8, 4) is 11.1 Å². The van der Waals surface area contributed by atoms with Gasteiger partial charge in [-0.15, -0.1) is 0 Å². The highest BCUT2D eigenvalue weighted by atomic mass is 16.5. The Labute approximate surface area is 292 Å². The number of pyridine rings is 1. The molecule has 1 aliphatic carbocycles. The summed E-state index contributed by atoms with van der Waals surface area (Å²) in [5.41, 5.74) is 5.07. The predicted molar refractivity (Wildman–Crippen MR) is 189 cm³/mol. The summed E-state index contributed by atoms with van der Waals surface area (Å²) in [6.07, 6.45) is 2.08. The van der Waals surface area contributed by atoms with Gasteiger partial charge in [0.2, 0.25) is 0 Å². The van der Waals surface area contributed by atoms with Crippen LogP contribution in [0.1, 0.15) is 49.1 Å². The maximum absolute atomic E-state index is 14.3. The second-order valence-electron chi connectivity index (χ2n) is 13.8. The molecule has 5 N–H and O–H groups in total. The highest BCUT2D eigenvalue weighted by Gasteiger charge is 2.43. The Morgan fingerprint density at radius 3 is 2.34 bits per heavy atom. The highest BCUT2D eigenvalue weighted by molar-refractivity contribution is 5.87. The fourth-order valence-electron chi connectivity index (χ4n) is 6.29. The normalized spacial score (nSPS) is 17.3. The minimum atomic E-state index is -2.08. The number of aliphatic hydroxyl groups excluding tert-OH is 1. The molecule has 0 saturated carbocycles. The number of methoxy groups -OCH3 is 1. The van der Waals surface area contributed by atoms with Crippen LogP contribution in [-0.4, -0.2) is 69.5 Å². The second-order valence-corrected chi connectivity index (χ2v) is 13.8. The molecule has 0 bridgehead atoms. The number of carbonyl (C=O) groups excluding carboxylic acids is 3. The molecule has 262 valence electrons. The third-order valence-electron chi connectivity index (χ3n) is 8.84. The van der Waals surface area contributed by atoms with E-state index in [0.29, 0.717) is 12.0 Å². The van der Waals surface area contributed by atoms with Gasteiger partial charge in [-0.25, -0.2) is 9.80 Å². The Hall–Kier alpha value is -5.10. The molecule has 0 spiro atoms. The summed E-state index contributed by atoms with van der Waals surface area (Å²) in [4.78, 5) is 44.7. The Morgan fingerprint density at radius 2 is 1.64 bits per heavy atom. The number of nitrogens with one attached hydrogen (secondary N) is 3. The lowest BCUT2D eigenvalue weighted by atomic mass is 9.86. The summed E-state index contributed by atoms with van der Waals surface area (Å²) < 4.78 is 4.80. The van der Waals surface area contributed by atoms with Crippen LogP contribution >= 0.6 is 0 Å². The van der Waals surface area contributed by atoms with Crippen molar-refractivity contribution in [2.24, 2.45) is 5.41 Å².